The molecule has 39 valence electrons. The van der Waals surface area contributed by atoms with Crippen molar-refractivity contribution >= 4 is 5.71 Å². The van der Waals surface area contributed by atoms with Crippen LogP contribution in [0.4, 0.5) is 0 Å². The Labute approximate surface area is 47.3 Å². The van der Waals surface area contributed by atoms with Gasteiger partial charge in [-0.25, -0.2) is 0 Å². The van der Waals surface area contributed by atoms with Gasteiger partial charge in [-0.15, -0.1) is 0 Å². The number of hydrogen-bond acceptors (Lipinski definition) is 2. The van der Waals surface area contributed by atoms with Crippen LogP contribution in [0.2, 0.25) is 0 Å². The predicted octanol–water partition coefficient (Wildman–Crippen LogP) is 0.388. The van der Waals surface area contributed by atoms with Gasteiger partial charge in [0.05, 0.1) is 24.4 Å². The molecular formula is C5H4N3. The minimum absolute atomic E-state index is 0.361. The molecule has 0 aromatic carbocycles. The molecule has 0 aromatic rings. The van der Waals surface area contributed by atoms with Crippen molar-refractivity contribution in [3.8, 4) is 6.07 Å². The summed E-state index contributed by atoms with van der Waals surface area (Å²) >= 11 is 0. The number of allylic oxidation sites excluding steroid dienone is 1. The van der Waals surface area contributed by atoms with Crippen molar-refractivity contribution in [1.29, 1.82) is 5.26 Å². The fourth-order valence-corrected chi connectivity index (χ4v) is 0.435. The molecule has 0 N–H and O–H groups in total. The van der Waals surface area contributed by atoms with Gasteiger partial charge in [0.1, 0.15) is 0 Å². The Balaban J connectivity index is 2.49. The first-order valence-electron chi connectivity index (χ1n) is 2.23. The Kier molecular flexibility index (Phi) is 1.29. The molecule has 0 unspecified atom stereocenters. The zero-order chi connectivity index (χ0) is 5.82. The summed E-state index contributed by atoms with van der Waals surface area (Å²) in [6.45, 7) is 0. The molecule has 0 saturated carbocycles. The molecule has 0 spiro atoms. The second-order valence-electron chi connectivity index (χ2n) is 1.36. The normalized spacial score (nSPS) is 14.6. The van der Waals surface area contributed by atoms with E-state index < -0.39 is 0 Å². The largest absolute Gasteiger partial charge is 0.198 e. The summed E-state index contributed by atoms with van der Waals surface area (Å²) in [5.74, 6) is 0. The smallest absolute Gasteiger partial charge is 0.0794 e. The lowest BCUT2D eigenvalue weighted by Gasteiger charge is -1.78. The van der Waals surface area contributed by atoms with Gasteiger partial charge in [0.15, 0.2) is 0 Å². The van der Waals surface area contributed by atoms with E-state index in [-0.39, 0.29) is 0 Å². The first-order valence-corrected chi connectivity index (χ1v) is 2.23. The quantitative estimate of drug-likeness (QED) is 0.477. The highest BCUT2D eigenvalue weighted by Crippen LogP contribution is 1.92. The van der Waals surface area contributed by atoms with Crippen LogP contribution in [0.15, 0.2) is 17.4 Å². The fraction of sp³-hybridized carbons (Fsp3) is 0.200. The summed E-state index contributed by atoms with van der Waals surface area (Å²) in [5, 5.41) is 11.8. The Morgan fingerprint density at radius 3 is 3.12 bits per heavy atom. The third-order valence-electron chi connectivity index (χ3n) is 0.780. The van der Waals surface area contributed by atoms with Crippen LogP contribution in [-0.4, -0.2) is 5.71 Å². The Hall–Kier alpha value is -1.30. The molecule has 0 aromatic heterocycles. The molecule has 1 radical (unpaired) electrons. The topological polar surface area (TPSA) is 50.2 Å². The highest BCUT2D eigenvalue weighted by molar-refractivity contribution is 5.97. The lowest BCUT2D eigenvalue weighted by atomic mass is 10.3. The van der Waals surface area contributed by atoms with Gasteiger partial charge in [0, 0.05) is 0 Å². The Morgan fingerprint density at radius 1 is 1.75 bits per heavy atom. The Morgan fingerprint density at radius 2 is 2.62 bits per heavy atom. The van der Waals surface area contributed by atoms with Crippen LogP contribution in [0.3, 0.4) is 0 Å². The number of rotatable bonds is 1. The third-order valence-corrected chi connectivity index (χ3v) is 0.780. The second-order valence-corrected chi connectivity index (χ2v) is 1.36. The zero-order valence-corrected chi connectivity index (χ0v) is 4.20. The third kappa shape index (κ3) is 0.850. The van der Waals surface area contributed by atoms with E-state index in [4.69, 9.17) is 5.26 Å². The maximum absolute atomic E-state index is 8.12. The fourth-order valence-electron chi connectivity index (χ4n) is 0.435. The van der Waals surface area contributed by atoms with E-state index in [1.54, 1.807) is 12.3 Å². The molecule has 3 nitrogen and oxygen atoms in total. The van der Waals surface area contributed by atoms with E-state index in [0.29, 0.717) is 6.42 Å². The van der Waals surface area contributed by atoms with Crippen molar-refractivity contribution in [2.75, 3.05) is 0 Å². The molecule has 8 heavy (non-hydrogen) atoms. The summed E-state index contributed by atoms with van der Waals surface area (Å²) in [7, 11) is 0. The van der Waals surface area contributed by atoms with Crippen LogP contribution >= 0.6 is 0 Å². The van der Waals surface area contributed by atoms with Gasteiger partial charge >= 0.3 is 0 Å². The summed E-state index contributed by atoms with van der Waals surface area (Å²) in [6, 6.07) is 1.97. The maximum atomic E-state index is 8.12. The molecule has 0 aliphatic carbocycles. The van der Waals surface area contributed by atoms with Crippen molar-refractivity contribution in [2.45, 2.75) is 6.42 Å². The lowest BCUT2D eigenvalue weighted by molar-refractivity contribution is 0.968. The molecule has 0 fully saturated rings. The number of hydrogen-bond donors (Lipinski definition) is 0. The van der Waals surface area contributed by atoms with Gasteiger partial charge < -0.3 is 0 Å². The van der Waals surface area contributed by atoms with Crippen LogP contribution in [0, 0.1) is 11.3 Å². The summed E-state index contributed by atoms with van der Waals surface area (Å²) in [6.07, 6.45) is 3.66. The van der Waals surface area contributed by atoms with Gasteiger partial charge in [-0.05, 0) is 6.08 Å². The maximum Gasteiger partial charge on any atom is 0.0794 e. The summed E-state index contributed by atoms with van der Waals surface area (Å²) < 4.78 is 0. The molecule has 1 aliphatic rings. The van der Waals surface area contributed by atoms with Gasteiger partial charge in [0.25, 0.3) is 0 Å². The zero-order valence-electron chi connectivity index (χ0n) is 4.20. The molecule has 1 aliphatic heterocycles. The minimum atomic E-state index is 0.361. The van der Waals surface area contributed by atoms with Crippen LogP contribution in [0.5, 0.6) is 0 Å². The molecule has 1 heterocycles. The van der Waals surface area contributed by atoms with E-state index in [0.717, 1.165) is 5.71 Å². The van der Waals surface area contributed by atoms with Gasteiger partial charge in [0.2, 0.25) is 0 Å². The molecular weight excluding hydrogens is 102 g/mol. The molecule has 1 rings (SSSR count). The molecule has 0 saturated heterocycles. The van der Waals surface area contributed by atoms with E-state index in [9.17, 15) is 0 Å². The van der Waals surface area contributed by atoms with E-state index in [1.165, 1.54) is 0 Å². The molecule has 3 heteroatoms. The summed E-state index contributed by atoms with van der Waals surface area (Å²) in [4.78, 5) is 0. The molecule has 0 atom stereocenters. The van der Waals surface area contributed by atoms with Crippen LogP contribution in [0.25, 0.3) is 0 Å². The van der Waals surface area contributed by atoms with Gasteiger partial charge in [-0.2, -0.15) is 15.8 Å². The number of nitrogens with zero attached hydrogens (tertiary/aromatic N) is 3. The van der Waals surface area contributed by atoms with E-state index in [1.807, 2.05) is 6.07 Å². The average molecular weight is 106 g/mol. The van der Waals surface area contributed by atoms with E-state index >= 15 is 0 Å². The van der Waals surface area contributed by atoms with Gasteiger partial charge in [-0.3, -0.25) is 0 Å². The molecule has 0 amide bonds. The van der Waals surface area contributed by atoms with Crippen molar-refractivity contribution in [3.05, 3.63) is 12.3 Å². The monoisotopic (exact) mass is 106 g/mol. The Bertz CT molecular complexity index is 173. The first-order chi connectivity index (χ1) is 3.93. The minimum Gasteiger partial charge on any atom is -0.198 e. The summed E-state index contributed by atoms with van der Waals surface area (Å²) in [5.41, 5.74) is 4.28. The van der Waals surface area contributed by atoms with Crippen LogP contribution < -0.4 is 5.43 Å². The standard InChI is InChI=1S/C5H4N3/c6-3-1-5-2-4-7-8-5/h2,4H,1H2. The predicted molar refractivity (Wildman–Crippen MR) is 28.9 cm³/mol. The van der Waals surface area contributed by atoms with Crippen LogP contribution in [0.1, 0.15) is 6.42 Å². The highest BCUT2D eigenvalue weighted by atomic mass is 15.3. The van der Waals surface area contributed by atoms with Crippen molar-refractivity contribution in [1.82, 2.24) is 5.43 Å². The van der Waals surface area contributed by atoms with Crippen LogP contribution in [-0.2, 0) is 0 Å². The average Bonchev–Trinajstić information content (AvgIpc) is 2.19. The number of nitriles is 1. The SMILES string of the molecule is N#CCC1=N[N]C=C1. The van der Waals surface area contributed by atoms with E-state index in [2.05, 4.69) is 10.5 Å². The van der Waals surface area contributed by atoms with Crippen molar-refractivity contribution in [2.24, 2.45) is 5.10 Å². The lowest BCUT2D eigenvalue weighted by Crippen LogP contribution is -1.86. The highest BCUT2D eigenvalue weighted by Gasteiger charge is 1.96. The first kappa shape index (κ1) is 4.85. The van der Waals surface area contributed by atoms with Crippen molar-refractivity contribution in [3.63, 3.8) is 0 Å². The van der Waals surface area contributed by atoms with Crippen molar-refractivity contribution < 1.29 is 0 Å². The second kappa shape index (κ2) is 2.12. The van der Waals surface area contributed by atoms with Gasteiger partial charge in [-0.1, -0.05) is 0 Å². The molecule has 0 bridgehead atoms.